The third-order valence-electron chi connectivity index (χ3n) is 2.35. The van der Waals surface area contributed by atoms with E-state index in [1.54, 1.807) is 11.8 Å². The quantitative estimate of drug-likeness (QED) is 0.652. The van der Waals surface area contributed by atoms with Crippen LogP contribution in [0.15, 0.2) is 28.6 Å². The Bertz CT molecular complexity index is 614. The molecule has 7 heteroatoms. The topological polar surface area (TPSA) is 64.1 Å². The van der Waals surface area contributed by atoms with Crippen LogP contribution in [-0.2, 0) is 4.79 Å². The Hall–Kier alpha value is -1.60. The fourth-order valence-corrected chi connectivity index (χ4v) is 3.51. The number of amides is 1. The molecule has 1 N–H and O–H groups in total. The van der Waals surface area contributed by atoms with Gasteiger partial charge in [-0.1, -0.05) is 49.1 Å². The van der Waals surface area contributed by atoms with Crippen LogP contribution in [-0.4, -0.2) is 28.0 Å². The third-order valence-corrected chi connectivity index (χ3v) is 4.28. The zero-order valence-corrected chi connectivity index (χ0v) is 13.8. The van der Waals surface area contributed by atoms with Gasteiger partial charge < -0.3 is 4.74 Å². The molecule has 2 rings (SSSR count). The smallest absolute Gasteiger partial charge is 0.264 e. The van der Waals surface area contributed by atoms with Crippen molar-refractivity contribution in [1.82, 2.24) is 10.2 Å². The molecular formula is C14H17N3O2S2. The van der Waals surface area contributed by atoms with Gasteiger partial charge >= 0.3 is 0 Å². The molecule has 0 fully saturated rings. The lowest BCUT2D eigenvalue weighted by Gasteiger charge is -2.06. The van der Waals surface area contributed by atoms with Gasteiger partial charge in [-0.15, -0.1) is 10.2 Å². The van der Waals surface area contributed by atoms with Crippen molar-refractivity contribution >= 4 is 34.1 Å². The maximum atomic E-state index is 11.8. The SMILES string of the molecule is Cc1cccc(OCC(=O)Nc2nnc(SC(C)C)s2)c1. The second-order valence-corrected chi connectivity index (χ2v) is 7.49. The van der Waals surface area contributed by atoms with E-state index in [2.05, 4.69) is 29.4 Å². The summed E-state index contributed by atoms with van der Waals surface area (Å²) in [4.78, 5) is 11.8. The molecule has 0 aliphatic carbocycles. The molecule has 5 nitrogen and oxygen atoms in total. The molecule has 0 atom stereocenters. The number of carbonyl (C=O) groups is 1. The molecule has 112 valence electrons. The molecule has 0 saturated carbocycles. The number of nitrogens with one attached hydrogen (secondary N) is 1. The number of aryl methyl sites for hydroxylation is 1. The van der Waals surface area contributed by atoms with Gasteiger partial charge in [0.25, 0.3) is 5.91 Å². The molecule has 1 aromatic carbocycles. The standard InChI is InChI=1S/C14H17N3O2S2/c1-9(2)20-14-17-16-13(21-14)15-12(18)8-19-11-6-4-5-10(3)7-11/h4-7,9H,8H2,1-3H3,(H,15,16,18). The molecular weight excluding hydrogens is 306 g/mol. The summed E-state index contributed by atoms with van der Waals surface area (Å²) in [7, 11) is 0. The van der Waals surface area contributed by atoms with Crippen molar-refractivity contribution in [2.75, 3.05) is 11.9 Å². The molecule has 1 aromatic heterocycles. The number of rotatable bonds is 6. The van der Waals surface area contributed by atoms with Crippen LogP contribution >= 0.6 is 23.1 Å². The highest BCUT2D eigenvalue weighted by atomic mass is 32.2. The summed E-state index contributed by atoms with van der Waals surface area (Å²) >= 11 is 2.99. The van der Waals surface area contributed by atoms with Crippen LogP contribution in [0.25, 0.3) is 0 Å². The molecule has 0 radical (unpaired) electrons. The van der Waals surface area contributed by atoms with Crippen molar-refractivity contribution in [3.05, 3.63) is 29.8 Å². The lowest BCUT2D eigenvalue weighted by atomic mass is 10.2. The minimum absolute atomic E-state index is 0.0459. The first-order valence-electron chi connectivity index (χ1n) is 6.52. The first kappa shape index (κ1) is 15.8. The van der Waals surface area contributed by atoms with Gasteiger partial charge in [0.2, 0.25) is 5.13 Å². The minimum atomic E-state index is -0.242. The predicted molar refractivity (Wildman–Crippen MR) is 86.2 cm³/mol. The summed E-state index contributed by atoms with van der Waals surface area (Å²) in [6.07, 6.45) is 0. The normalized spacial score (nSPS) is 10.7. The molecule has 0 saturated heterocycles. The van der Waals surface area contributed by atoms with E-state index in [1.165, 1.54) is 11.3 Å². The van der Waals surface area contributed by atoms with Crippen molar-refractivity contribution in [2.45, 2.75) is 30.4 Å². The summed E-state index contributed by atoms with van der Waals surface area (Å²) in [5.41, 5.74) is 1.09. The lowest BCUT2D eigenvalue weighted by Crippen LogP contribution is -2.20. The number of benzene rings is 1. The molecule has 0 spiro atoms. The van der Waals surface area contributed by atoms with E-state index in [0.717, 1.165) is 9.90 Å². The van der Waals surface area contributed by atoms with Gasteiger partial charge in [0.1, 0.15) is 5.75 Å². The molecule has 0 aliphatic heterocycles. The third kappa shape index (κ3) is 5.35. The van der Waals surface area contributed by atoms with E-state index >= 15 is 0 Å². The second kappa shape index (κ2) is 7.42. The zero-order chi connectivity index (χ0) is 15.2. The van der Waals surface area contributed by atoms with Gasteiger partial charge in [-0.25, -0.2) is 0 Å². The summed E-state index contributed by atoms with van der Waals surface area (Å²) in [6.45, 7) is 6.10. The average Bonchev–Trinajstić information content (AvgIpc) is 2.83. The van der Waals surface area contributed by atoms with Crippen molar-refractivity contribution < 1.29 is 9.53 Å². The molecule has 0 aliphatic rings. The van der Waals surface area contributed by atoms with E-state index in [9.17, 15) is 4.79 Å². The van der Waals surface area contributed by atoms with E-state index in [4.69, 9.17) is 4.74 Å². The average molecular weight is 323 g/mol. The Labute approximate surface area is 132 Å². The molecule has 21 heavy (non-hydrogen) atoms. The van der Waals surface area contributed by atoms with Gasteiger partial charge in [0.15, 0.2) is 10.9 Å². The Morgan fingerprint density at radius 2 is 2.24 bits per heavy atom. The van der Waals surface area contributed by atoms with E-state index in [-0.39, 0.29) is 12.5 Å². The van der Waals surface area contributed by atoms with Crippen LogP contribution in [0.4, 0.5) is 5.13 Å². The first-order chi connectivity index (χ1) is 10.0. The van der Waals surface area contributed by atoms with Crippen molar-refractivity contribution in [2.24, 2.45) is 0 Å². The summed E-state index contributed by atoms with van der Waals surface area (Å²) in [5.74, 6) is 0.437. The monoisotopic (exact) mass is 323 g/mol. The fourth-order valence-electron chi connectivity index (χ4n) is 1.52. The summed E-state index contributed by atoms with van der Waals surface area (Å²) < 4.78 is 6.28. The van der Waals surface area contributed by atoms with Gasteiger partial charge in [0.05, 0.1) is 0 Å². The highest BCUT2D eigenvalue weighted by Gasteiger charge is 2.10. The zero-order valence-electron chi connectivity index (χ0n) is 12.1. The van der Waals surface area contributed by atoms with E-state index in [0.29, 0.717) is 16.1 Å². The van der Waals surface area contributed by atoms with Gasteiger partial charge in [0, 0.05) is 5.25 Å². The first-order valence-corrected chi connectivity index (χ1v) is 8.22. The van der Waals surface area contributed by atoms with Crippen LogP contribution < -0.4 is 10.1 Å². The molecule has 1 heterocycles. The molecule has 0 unspecified atom stereocenters. The Morgan fingerprint density at radius 1 is 1.43 bits per heavy atom. The number of carbonyl (C=O) groups excluding carboxylic acids is 1. The van der Waals surface area contributed by atoms with Gasteiger partial charge in [-0.2, -0.15) is 0 Å². The number of hydrogen-bond acceptors (Lipinski definition) is 6. The number of nitrogens with zero attached hydrogens (tertiary/aromatic N) is 2. The summed E-state index contributed by atoms with van der Waals surface area (Å²) in [6, 6.07) is 7.57. The predicted octanol–water partition coefficient (Wildman–Crippen LogP) is 3.36. The van der Waals surface area contributed by atoms with Crippen LogP contribution in [0.5, 0.6) is 5.75 Å². The number of thioether (sulfide) groups is 1. The number of ether oxygens (including phenoxy) is 1. The molecule has 2 aromatic rings. The largest absolute Gasteiger partial charge is 0.484 e. The van der Waals surface area contributed by atoms with Gasteiger partial charge in [-0.3, -0.25) is 10.1 Å². The molecule has 1 amide bonds. The van der Waals surface area contributed by atoms with E-state index in [1.807, 2.05) is 31.2 Å². The number of hydrogen-bond donors (Lipinski definition) is 1. The highest BCUT2D eigenvalue weighted by Crippen LogP contribution is 2.28. The second-order valence-electron chi connectivity index (χ2n) is 4.69. The maximum absolute atomic E-state index is 11.8. The van der Waals surface area contributed by atoms with E-state index < -0.39 is 0 Å². The number of anilines is 1. The lowest BCUT2D eigenvalue weighted by molar-refractivity contribution is -0.118. The Balaban J connectivity index is 1.83. The van der Waals surface area contributed by atoms with Crippen molar-refractivity contribution in [3.63, 3.8) is 0 Å². The van der Waals surface area contributed by atoms with Crippen LogP contribution in [0.2, 0.25) is 0 Å². The van der Waals surface area contributed by atoms with Crippen LogP contribution in [0.3, 0.4) is 0 Å². The van der Waals surface area contributed by atoms with Crippen LogP contribution in [0, 0.1) is 6.92 Å². The van der Waals surface area contributed by atoms with Crippen molar-refractivity contribution in [1.29, 1.82) is 0 Å². The Morgan fingerprint density at radius 3 is 2.95 bits per heavy atom. The number of aromatic nitrogens is 2. The highest BCUT2D eigenvalue weighted by molar-refractivity contribution is 8.01. The van der Waals surface area contributed by atoms with Crippen molar-refractivity contribution in [3.8, 4) is 5.75 Å². The van der Waals surface area contributed by atoms with Crippen LogP contribution in [0.1, 0.15) is 19.4 Å². The Kier molecular flexibility index (Phi) is 5.58. The fraction of sp³-hybridized carbons (Fsp3) is 0.357. The molecule has 0 bridgehead atoms. The maximum Gasteiger partial charge on any atom is 0.264 e. The summed E-state index contributed by atoms with van der Waals surface area (Å²) in [5, 5.41) is 11.6. The van der Waals surface area contributed by atoms with Gasteiger partial charge in [-0.05, 0) is 24.6 Å². The minimum Gasteiger partial charge on any atom is -0.484 e.